The van der Waals surface area contributed by atoms with Crippen LogP contribution in [0.3, 0.4) is 0 Å². The first-order valence-corrected chi connectivity index (χ1v) is 4.32. The van der Waals surface area contributed by atoms with E-state index in [1.165, 1.54) is 6.33 Å². The second-order valence-corrected chi connectivity index (χ2v) is 3.04. The van der Waals surface area contributed by atoms with E-state index in [-0.39, 0.29) is 0 Å². The summed E-state index contributed by atoms with van der Waals surface area (Å²) in [4.78, 5) is 12.1. The van der Waals surface area contributed by atoms with Crippen molar-refractivity contribution in [1.82, 2.24) is 19.3 Å². The molecule has 7 heteroatoms. The fraction of sp³-hybridized carbons (Fsp3) is 0. The standard InChI is InChI=1S/C5H7N5P2/c11-9-5-3-4(6-1-7-5)8-2-10(3)12/h1-2H,11-12H2,(H,6,7,9). The van der Waals surface area contributed by atoms with E-state index in [9.17, 15) is 0 Å². The molecule has 0 radical (unpaired) electrons. The van der Waals surface area contributed by atoms with Crippen LogP contribution >= 0.6 is 18.8 Å². The van der Waals surface area contributed by atoms with Crippen LogP contribution in [0.5, 0.6) is 0 Å². The molecule has 0 aliphatic carbocycles. The topological polar surface area (TPSA) is 55.6 Å². The molecule has 0 spiro atoms. The molecule has 2 heterocycles. The molecule has 2 atom stereocenters. The van der Waals surface area contributed by atoms with E-state index in [1.54, 1.807) is 10.7 Å². The van der Waals surface area contributed by atoms with Gasteiger partial charge in [-0.3, -0.25) is 0 Å². The number of nitrogens with one attached hydrogen (secondary N) is 1. The number of aromatic nitrogens is 4. The van der Waals surface area contributed by atoms with Crippen molar-refractivity contribution in [2.45, 2.75) is 0 Å². The van der Waals surface area contributed by atoms with E-state index in [2.05, 4.69) is 38.8 Å². The Kier molecular flexibility index (Phi) is 1.91. The van der Waals surface area contributed by atoms with Gasteiger partial charge in [0, 0.05) is 0 Å². The number of fused-ring (bicyclic) bond motifs is 1. The van der Waals surface area contributed by atoms with E-state index < -0.39 is 0 Å². The smallest absolute Gasteiger partial charge is 0.183 e. The summed E-state index contributed by atoms with van der Waals surface area (Å²) in [6, 6.07) is 0. The molecule has 0 aliphatic rings. The SMILES string of the molecule is PNc1ncnc2ncn(P)c12. The summed E-state index contributed by atoms with van der Waals surface area (Å²) in [6.45, 7) is 0. The molecule has 2 aromatic heterocycles. The van der Waals surface area contributed by atoms with E-state index in [0.29, 0.717) is 5.65 Å². The Morgan fingerprint density at radius 2 is 2.17 bits per heavy atom. The van der Waals surface area contributed by atoms with Crippen LogP contribution in [0.2, 0.25) is 0 Å². The zero-order valence-corrected chi connectivity index (χ0v) is 8.41. The van der Waals surface area contributed by atoms with Gasteiger partial charge in [-0.1, -0.05) is 0 Å². The molecule has 0 saturated carbocycles. The monoisotopic (exact) mass is 199 g/mol. The first kappa shape index (κ1) is 7.84. The lowest BCUT2D eigenvalue weighted by atomic mass is 10.5. The third-order valence-corrected chi connectivity index (χ3v) is 2.17. The van der Waals surface area contributed by atoms with Gasteiger partial charge in [-0.25, -0.2) is 15.0 Å². The average molecular weight is 199 g/mol. The van der Waals surface area contributed by atoms with Crippen LogP contribution in [0.4, 0.5) is 5.82 Å². The van der Waals surface area contributed by atoms with Crippen molar-refractivity contribution in [1.29, 1.82) is 0 Å². The molecule has 0 fully saturated rings. The predicted molar refractivity (Wildman–Crippen MR) is 53.8 cm³/mol. The number of anilines is 1. The summed E-state index contributed by atoms with van der Waals surface area (Å²) >= 11 is 0. The number of rotatable bonds is 1. The fourth-order valence-corrected chi connectivity index (χ4v) is 1.50. The highest BCUT2D eigenvalue weighted by Crippen LogP contribution is 2.20. The first-order valence-electron chi connectivity index (χ1n) is 3.22. The Morgan fingerprint density at radius 3 is 2.92 bits per heavy atom. The minimum Gasteiger partial charge on any atom is -0.353 e. The van der Waals surface area contributed by atoms with Crippen molar-refractivity contribution in [2.75, 3.05) is 5.09 Å². The van der Waals surface area contributed by atoms with Crippen molar-refractivity contribution in [3.63, 3.8) is 0 Å². The lowest BCUT2D eigenvalue weighted by molar-refractivity contribution is 1.21. The van der Waals surface area contributed by atoms with Crippen molar-refractivity contribution < 1.29 is 0 Å². The van der Waals surface area contributed by atoms with E-state index in [0.717, 1.165) is 11.3 Å². The van der Waals surface area contributed by atoms with Gasteiger partial charge in [-0.15, -0.1) is 0 Å². The van der Waals surface area contributed by atoms with Crippen LogP contribution in [0.25, 0.3) is 11.2 Å². The van der Waals surface area contributed by atoms with Crippen LogP contribution < -0.4 is 5.09 Å². The Morgan fingerprint density at radius 1 is 1.33 bits per heavy atom. The van der Waals surface area contributed by atoms with Gasteiger partial charge in [0.05, 0.1) is 0 Å². The Bertz CT molecular complexity index is 411. The Labute approximate surface area is 73.5 Å². The molecule has 2 aromatic rings. The van der Waals surface area contributed by atoms with Gasteiger partial charge in [-0.2, -0.15) is 0 Å². The summed E-state index contributed by atoms with van der Waals surface area (Å²) in [6.07, 6.45) is 3.15. The van der Waals surface area contributed by atoms with Crippen molar-refractivity contribution in [3.05, 3.63) is 12.7 Å². The van der Waals surface area contributed by atoms with E-state index in [4.69, 9.17) is 0 Å². The second-order valence-electron chi connectivity index (χ2n) is 2.19. The predicted octanol–water partition coefficient (Wildman–Crippen LogP) is 0.666. The zero-order chi connectivity index (χ0) is 8.55. The first-order chi connectivity index (χ1) is 5.83. The summed E-state index contributed by atoms with van der Waals surface area (Å²) < 4.78 is 1.79. The van der Waals surface area contributed by atoms with Crippen LogP contribution in [0.15, 0.2) is 12.7 Å². The van der Waals surface area contributed by atoms with Gasteiger partial charge in [0.25, 0.3) is 0 Å². The van der Waals surface area contributed by atoms with Crippen molar-refractivity contribution in [2.24, 2.45) is 0 Å². The molecule has 2 unspecified atom stereocenters. The quantitative estimate of drug-likeness (QED) is 0.685. The van der Waals surface area contributed by atoms with Crippen molar-refractivity contribution >= 4 is 35.8 Å². The number of hydrogen-bond donors (Lipinski definition) is 1. The second kappa shape index (κ2) is 2.92. The minimum atomic E-state index is 0.685. The van der Waals surface area contributed by atoms with Gasteiger partial charge in [0.2, 0.25) is 0 Å². The molecule has 0 aromatic carbocycles. The molecule has 0 aliphatic heterocycles. The maximum absolute atomic E-state index is 4.07. The highest BCUT2D eigenvalue weighted by molar-refractivity contribution is 7.18. The molecule has 0 saturated heterocycles. The lowest BCUT2D eigenvalue weighted by Crippen LogP contribution is -1.90. The van der Waals surface area contributed by atoms with Gasteiger partial charge in [0.15, 0.2) is 11.5 Å². The minimum absolute atomic E-state index is 0.685. The summed E-state index contributed by atoms with van der Waals surface area (Å²) in [7, 11) is 4.91. The molecule has 5 nitrogen and oxygen atoms in total. The maximum Gasteiger partial charge on any atom is 0.183 e. The van der Waals surface area contributed by atoms with Crippen LogP contribution in [0.1, 0.15) is 0 Å². The normalized spacial score (nSPS) is 10.5. The number of hydrogen-bond acceptors (Lipinski definition) is 4. The highest BCUT2D eigenvalue weighted by atomic mass is 31.0. The molecule has 0 amide bonds. The van der Waals surface area contributed by atoms with E-state index in [1.807, 2.05) is 0 Å². The molecular formula is C5H7N5P2. The van der Waals surface area contributed by atoms with Crippen LogP contribution in [0, 0.1) is 0 Å². The number of imidazole rings is 1. The van der Waals surface area contributed by atoms with E-state index >= 15 is 0 Å². The van der Waals surface area contributed by atoms with Crippen LogP contribution in [-0.2, 0) is 0 Å². The maximum atomic E-state index is 4.07. The van der Waals surface area contributed by atoms with Gasteiger partial charge in [-0.05, 0) is 18.8 Å². The largest absolute Gasteiger partial charge is 0.353 e. The van der Waals surface area contributed by atoms with Gasteiger partial charge in [0.1, 0.15) is 18.2 Å². The zero-order valence-electron chi connectivity index (χ0n) is 6.10. The third-order valence-electron chi connectivity index (χ3n) is 1.50. The Hall–Kier alpha value is -0.790. The molecular weight excluding hydrogens is 192 g/mol. The summed E-state index contributed by atoms with van der Waals surface area (Å²) in [5, 5.41) is 2.89. The highest BCUT2D eigenvalue weighted by Gasteiger charge is 2.05. The fourth-order valence-electron chi connectivity index (χ4n) is 0.982. The Balaban J connectivity index is 2.84. The van der Waals surface area contributed by atoms with Gasteiger partial charge < -0.3 is 9.42 Å². The molecule has 2 rings (SSSR count). The summed E-state index contributed by atoms with van der Waals surface area (Å²) in [5.41, 5.74) is 1.56. The van der Waals surface area contributed by atoms with Crippen molar-refractivity contribution in [3.8, 4) is 0 Å². The third kappa shape index (κ3) is 1.06. The molecule has 12 heavy (non-hydrogen) atoms. The number of nitrogens with zero attached hydrogens (tertiary/aromatic N) is 4. The molecule has 0 bridgehead atoms. The lowest BCUT2D eigenvalue weighted by Gasteiger charge is -2.00. The molecule has 62 valence electrons. The van der Waals surface area contributed by atoms with Gasteiger partial charge >= 0.3 is 0 Å². The van der Waals surface area contributed by atoms with Crippen LogP contribution in [-0.4, -0.2) is 19.3 Å². The average Bonchev–Trinajstić information content (AvgIpc) is 2.48. The summed E-state index contributed by atoms with van der Waals surface area (Å²) in [5.74, 6) is 0.748. The molecule has 1 N–H and O–H groups in total.